The smallest absolute Gasteiger partial charge is 0.245 e. The molecule has 1 N–H and O–H groups in total. The maximum atomic E-state index is 13.4. The third-order valence-corrected chi connectivity index (χ3v) is 5.46. The Balaban J connectivity index is 1.73. The van der Waals surface area contributed by atoms with Crippen LogP contribution >= 0.6 is 0 Å². The standard InChI is InChI=1S/C22H29N3O3/c1-2-19(18-11-7-4-8-12-18)22(27)25(15-17-9-5-3-6-10-17)16-21(26)23-20-13-14-28-24-20/h4,7-8,11-14,17,19H,2-3,5-6,9-10,15-16H2,1H3,(H,23,24,26)/t19-/m0/s1. The van der Waals surface area contributed by atoms with Crippen LogP contribution in [0.25, 0.3) is 0 Å². The molecule has 2 amide bonds. The SMILES string of the molecule is CC[C@H](C(=O)N(CC(=O)Nc1ccon1)CC1CCCCC1)c1ccccc1. The number of rotatable bonds is 8. The van der Waals surface area contributed by atoms with Gasteiger partial charge in [0.2, 0.25) is 11.8 Å². The van der Waals surface area contributed by atoms with E-state index in [0.29, 0.717) is 24.7 Å². The zero-order valence-corrected chi connectivity index (χ0v) is 16.5. The second-order valence-electron chi connectivity index (χ2n) is 7.53. The zero-order chi connectivity index (χ0) is 19.8. The summed E-state index contributed by atoms with van der Waals surface area (Å²) in [6.07, 6.45) is 8.02. The van der Waals surface area contributed by atoms with Gasteiger partial charge < -0.3 is 14.7 Å². The number of nitrogens with one attached hydrogen (secondary N) is 1. The molecule has 1 aliphatic rings. The van der Waals surface area contributed by atoms with Crippen molar-refractivity contribution < 1.29 is 14.1 Å². The monoisotopic (exact) mass is 383 g/mol. The molecule has 0 saturated heterocycles. The molecule has 6 nitrogen and oxygen atoms in total. The van der Waals surface area contributed by atoms with E-state index in [1.165, 1.54) is 25.5 Å². The highest BCUT2D eigenvalue weighted by atomic mass is 16.5. The van der Waals surface area contributed by atoms with Crippen LogP contribution in [0, 0.1) is 5.92 Å². The minimum Gasteiger partial charge on any atom is -0.363 e. The fourth-order valence-corrected chi connectivity index (χ4v) is 4.01. The predicted molar refractivity (Wildman–Crippen MR) is 108 cm³/mol. The van der Waals surface area contributed by atoms with Crippen molar-refractivity contribution in [2.75, 3.05) is 18.4 Å². The highest BCUT2D eigenvalue weighted by molar-refractivity contribution is 5.94. The van der Waals surface area contributed by atoms with Crippen LogP contribution in [0.4, 0.5) is 5.82 Å². The molecule has 0 radical (unpaired) electrons. The van der Waals surface area contributed by atoms with Crippen LogP contribution in [0.5, 0.6) is 0 Å². The molecule has 2 aromatic rings. The van der Waals surface area contributed by atoms with Gasteiger partial charge >= 0.3 is 0 Å². The summed E-state index contributed by atoms with van der Waals surface area (Å²) in [6, 6.07) is 11.4. The first-order valence-corrected chi connectivity index (χ1v) is 10.2. The number of hydrogen-bond donors (Lipinski definition) is 1. The van der Waals surface area contributed by atoms with Gasteiger partial charge in [-0.25, -0.2) is 0 Å². The van der Waals surface area contributed by atoms with Gasteiger partial charge in [0, 0.05) is 12.6 Å². The second-order valence-corrected chi connectivity index (χ2v) is 7.53. The van der Waals surface area contributed by atoms with E-state index in [4.69, 9.17) is 4.52 Å². The van der Waals surface area contributed by atoms with Gasteiger partial charge in [0.15, 0.2) is 5.82 Å². The summed E-state index contributed by atoms with van der Waals surface area (Å²) in [4.78, 5) is 27.7. The number of aromatic nitrogens is 1. The molecule has 1 aromatic carbocycles. The minimum atomic E-state index is -0.249. The van der Waals surface area contributed by atoms with Gasteiger partial charge in [-0.3, -0.25) is 9.59 Å². The number of hydrogen-bond acceptors (Lipinski definition) is 4. The molecule has 3 rings (SSSR count). The van der Waals surface area contributed by atoms with E-state index in [0.717, 1.165) is 18.4 Å². The molecule has 0 unspecified atom stereocenters. The van der Waals surface area contributed by atoms with Crippen molar-refractivity contribution in [2.45, 2.75) is 51.4 Å². The van der Waals surface area contributed by atoms with Gasteiger partial charge in [-0.2, -0.15) is 0 Å². The molecular formula is C22H29N3O3. The Kier molecular flexibility index (Phi) is 7.23. The lowest BCUT2D eigenvalue weighted by Crippen LogP contribution is -2.43. The fourth-order valence-electron chi connectivity index (χ4n) is 4.01. The van der Waals surface area contributed by atoms with Gasteiger partial charge in [-0.1, -0.05) is 61.7 Å². The quantitative estimate of drug-likeness (QED) is 0.741. The first kappa shape index (κ1) is 20.1. The Labute approximate surface area is 166 Å². The Morgan fingerprint density at radius 3 is 2.57 bits per heavy atom. The molecule has 1 saturated carbocycles. The van der Waals surface area contributed by atoms with Gasteiger partial charge in [0.05, 0.1) is 12.5 Å². The van der Waals surface area contributed by atoms with Crippen molar-refractivity contribution in [1.82, 2.24) is 10.1 Å². The van der Waals surface area contributed by atoms with Crippen molar-refractivity contribution >= 4 is 17.6 Å². The highest BCUT2D eigenvalue weighted by Gasteiger charge is 2.28. The average Bonchev–Trinajstić information content (AvgIpc) is 3.22. The molecule has 1 atom stereocenters. The highest BCUT2D eigenvalue weighted by Crippen LogP contribution is 2.27. The summed E-state index contributed by atoms with van der Waals surface area (Å²) in [6.45, 7) is 2.68. The van der Waals surface area contributed by atoms with Crippen molar-refractivity contribution in [3.8, 4) is 0 Å². The molecule has 1 aliphatic carbocycles. The molecule has 1 aromatic heterocycles. The Morgan fingerprint density at radius 1 is 1.18 bits per heavy atom. The summed E-state index contributed by atoms with van der Waals surface area (Å²) >= 11 is 0. The maximum absolute atomic E-state index is 13.4. The van der Waals surface area contributed by atoms with Crippen LogP contribution in [-0.2, 0) is 9.59 Å². The molecule has 0 spiro atoms. The molecule has 1 heterocycles. The molecular weight excluding hydrogens is 354 g/mol. The summed E-state index contributed by atoms with van der Waals surface area (Å²) in [5, 5.41) is 6.42. The van der Waals surface area contributed by atoms with Gasteiger partial charge in [0.1, 0.15) is 6.26 Å². The minimum absolute atomic E-state index is 0.0228. The molecule has 0 aliphatic heterocycles. The number of nitrogens with zero attached hydrogens (tertiary/aromatic N) is 2. The molecule has 150 valence electrons. The first-order valence-electron chi connectivity index (χ1n) is 10.2. The first-order chi connectivity index (χ1) is 13.7. The van der Waals surface area contributed by atoms with Crippen LogP contribution < -0.4 is 5.32 Å². The van der Waals surface area contributed by atoms with E-state index in [1.54, 1.807) is 11.0 Å². The maximum Gasteiger partial charge on any atom is 0.245 e. The van der Waals surface area contributed by atoms with E-state index < -0.39 is 0 Å². The lowest BCUT2D eigenvalue weighted by molar-refractivity contribution is -0.137. The van der Waals surface area contributed by atoms with E-state index in [1.807, 2.05) is 37.3 Å². The fraction of sp³-hybridized carbons (Fsp3) is 0.500. The second kappa shape index (κ2) is 10.1. The third kappa shape index (κ3) is 5.44. The summed E-state index contributed by atoms with van der Waals surface area (Å²) in [5.74, 6) is 0.371. The van der Waals surface area contributed by atoms with Gasteiger partial charge in [-0.05, 0) is 30.7 Å². The Bertz CT molecular complexity index is 740. The van der Waals surface area contributed by atoms with Crippen molar-refractivity contribution in [2.24, 2.45) is 5.92 Å². The number of carbonyl (C=O) groups is 2. The zero-order valence-electron chi connectivity index (χ0n) is 16.5. The predicted octanol–water partition coefficient (Wildman–Crippen LogP) is 4.22. The molecule has 6 heteroatoms. The number of anilines is 1. The number of amides is 2. The average molecular weight is 383 g/mol. The van der Waals surface area contributed by atoms with Crippen LogP contribution in [0.15, 0.2) is 47.2 Å². The Hall–Kier alpha value is -2.63. The topological polar surface area (TPSA) is 75.4 Å². The summed E-state index contributed by atoms with van der Waals surface area (Å²) < 4.78 is 4.76. The normalized spacial score (nSPS) is 15.8. The molecule has 28 heavy (non-hydrogen) atoms. The lowest BCUT2D eigenvalue weighted by Gasteiger charge is -2.32. The number of benzene rings is 1. The third-order valence-electron chi connectivity index (χ3n) is 5.46. The van der Waals surface area contributed by atoms with Crippen molar-refractivity contribution in [3.05, 3.63) is 48.2 Å². The van der Waals surface area contributed by atoms with Crippen LogP contribution in [0.1, 0.15) is 56.9 Å². The number of carbonyl (C=O) groups excluding carboxylic acids is 2. The summed E-state index contributed by atoms with van der Waals surface area (Å²) in [5.41, 5.74) is 1.00. The van der Waals surface area contributed by atoms with Crippen molar-refractivity contribution in [3.63, 3.8) is 0 Å². The van der Waals surface area contributed by atoms with E-state index in [9.17, 15) is 9.59 Å². The lowest BCUT2D eigenvalue weighted by atomic mass is 9.88. The van der Waals surface area contributed by atoms with Gasteiger partial charge in [0.25, 0.3) is 0 Å². The van der Waals surface area contributed by atoms with Crippen LogP contribution in [-0.4, -0.2) is 35.0 Å². The van der Waals surface area contributed by atoms with Crippen LogP contribution in [0.3, 0.4) is 0 Å². The van der Waals surface area contributed by atoms with E-state index >= 15 is 0 Å². The van der Waals surface area contributed by atoms with E-state index in [2.05, 4.69) is 10.5 Å². The van der Waals surface area contributed by atoms with Crippen molar-refractivity contribution in [1.29, 1.82) is 0 Å². The van der Waals surface area contributed by atoms with E-state index in [-0.39, 0.29) is 24.3 Å². The summed E-state index contributed by atoms with van der Waals surface area (Å²) in [7, 11) is 0. The van der Waals surface area contributed by atoms with Gasteiger partial charge in [-0.15, -0.1) is 0 Å². The Morgan fingerprint density at radius 2 is 1.93 bits per heavy atom. The molecule has 1 fully saturated rings. The largest absolute Gasteiger partial charge is 0.363 e. The van der Waals surface area contributed by atoms with Crippen LogP contribution in [0.2, 0.25) is 0 Å². The molecule has 0 bridgehead atoms.